The highest BCUT2D eigenvalue weighted by Crippen LogP contribution is 2.14. The summed E-state index contributed by atoms with van der Waals surface area (Å²) in [6.07, 6.45) is 0.861. The maximum absolute atomic E-state index is 8.63. The van der Waals surface area contributed by atoms with E-state index in [1.807, 2.05) is 65.5 Å². The summed E-state index contributed by atoms with van der Waals surface area (Å²) in [7, 11) is 0. The van der Waals surface area contributed by atoms with E-state index in [-0.39, 0.29) is 0 Å². The van der Waals surface area contributed by atoms with Crippen molar-refractivity contribution in [1.29, 1.82) is 0 Å². The van der Waals surface area contributed by atoms with Crippen LogP contribution in [0.2, 0.25) is 0 Å². The summed E-state index contributed by atoms with van der Waals surface area (Å²) in [6, 6.07) is 20.3. The molecule has 4 heteroatoms. The third-order valence-corrected chi connectivity index (χ3v) is 1.88. The van der Waals surface area contributed by atoms with Gasteiger partial charge in [0, 0.05) is 11.4 Å². The monoisotopic (exact) mass is 225 g/mol. The van der Waals surface area contributed by atoms with Crippen molar-refractivity contribution in [3.63, 3.8) is 0 Å². The first-order valence-electron chi connectivity index (χ1n) is 4.95. The topological polar surface area (TPSA) is 65.5 Å². The fourth-order valence-corrected chi connectivity index (χ4v) is 1.21. The Balaban J connectivity index is 0.000000317. The van der Waals surface area contributed by atoms with Gasteiger partial charge in [0.05, 0.1) is 0 Å². The van der Waals surface area contributed by atoms with Crippen molar-refractivity contribution in [2.45, 2.75) is 0 Å². The van der Waals surface area contributed by atoms with Crippen LogP contribution in [-0.2, 0) is 4.79 Å². The Morgan fingerprint density at radius 1 is 0.882 bits per heavy atom. The van der Waals surface area contributed by atoms with Gasteiger partial charge in [-0.15, -0.1) is 4.79 Å². The Morgan fingerprint density at radius 3 is 1.53 bits per heavy atom. The van der Waals surface area contributed by atoms with Crippen LogP contribution in [0.15, 0.2) is 60.7 Å². The van der Waals surface area contributed by atoms with Gasteiger partial charge in [0.2, 0.25) is 0 Å². The summed E-state index contributed by atoms with van der Waals surface area (Å²) in [5.74, 6) is 0. The molecule has 0 amide bonds. The molecule has 2 aromatic carbocycles. The van der Waals surface area contributed by atoms with Crippen molar-refractivity contribution in [2.24, 2.45) is 0 Å². The minimum Gasteiger partial charge on any atom is -0.356 e. The predicted molar refractivity (Wildman–Crippen MR) is 65.5 cm³/mol. The SMILES string of the molecule is [N-]=[N+]=C=O.c1ccc(Nc2ccccc2)cc1. The van der Waals surface area contributed by atoms with Gasteiger partial charge in [-0.3, -0.25) is 0 Å². The van der Waals surface area contributed by atoms with Gasteiger partial charge in [0.1, 0.15) is 0 Å². The fourth-order valence-electron chi connectivity index (χ4n) is 1.21. The fraction of sp³-hybridized carbons (Fsp3) is 0. The number of hydrogen-bond acceptors (Lipinski definition) is 2. The van der Waals surface area contributed by atoms with Crippen LogP contribution >= 0.6 is 0 Å². The third kappa shape index (κ3) is 5.09. The molecule has 2 aromatic rings. The zero-order valence-corrected chi connectivity index (χ0v) is 9.08. The van der Waals surface area contributed by atoms with Crippen LogP contribution in [0.5, 0.6) is 0 Å². The van der Waals surface area contributed by atoms with E-state index >= 15 is 0 Å². The molecule has 0 saturated carbocycles. The Kier molecular flexibility index (Phi) is 5.54. The van der Waals surface area contributed by atoms with E-state index in [4.69, 9.17) is 10.3 Å². The van der Waals surface area contributed by atoms with Gasteiger partial charge >= 0.3 is 6.08 Å². The van der Waals surface area contributed by atoms with E-state index in [1.165, 1.54) is 0 Å². The summed E-state index contributed by atoms with van der Waals surface area (Å²) in [4.78, 5) is 10.6. The maximum Gasteiger partial charge on any atom is 0.557 e. The molecule has 1 N–H and O–H groups in total. The number of carbonyl (C=O) groups excluding carboxylic acids is 1. The molecular weight excluding hydrogens is 214 g/mol. The van der Waals surface area contributed by atoms with Crippen molar-refractivity contribution >= 4 is 17.5 Å². The number of rotatable bonds is 2. The van der Waals surface area contributed by atoms with Crippen molar-refractivity contribution in [2.75, 3.05) is 5.32 Å². The van der Waals surface area contributed by atoms with Crippen molar-refractivity contribution in [3.05, 3.63) is 66.2 Å². The lowest BCUT2D eigenvalue weighted by Crippen LogP contribution is -1.87. The second-order valence-corrected chi connectivity index (χ2v) is 3.05. The first-order valence-corrected chi connectivity index (χ1v) is 4.95. The van der Waals surface area contributed by atoms with E-state index in [0.29, 0.717) is 0 Å². The second-order valence-electron chi connectivity index (χ2n) is 3.05. The summed E-state index contributed by atoms with van der Waals surface area (Å²) in [5, 5.41) is 3.30. The Labute approximate surface area is 99.2 Å². The van der Waals surface area contributed by atoms with E-state index in [9.17, 15) is 0 Å². The normalized spacial score (nSPS) is 8.00. The molecule has 0 unspecified atom stereocenters. The molecule has 0 fully saturated rings. The van der Waals surface area contributed by atoms with Crippen LogP contribution in [0.3, 0.4) is 0 Å². The lowest BCUT2D eigenvalue weighted by atomic mass is 10.3. The van der Waals surface area contributed by atoms with Crippen LogP contribution in [0.25, 0.3) is 5.53 Å². The number of benzene rings is 2. The Bertz CT molecular complexity index is 453. The smallest absolute Gasteiger partial charge is 0.356 e. The highest BCUT2D eigenvalue weighted by Gasteiger charge is 1.89. The molecule has 4 nitrogen and oxygen atoms in total. The zero-order valence-electron chi connectivity index (χ0n) is 9.08. The van der Waals surface area contributed by atoms with Gasteiger partial charge in [-0.25, -0.2) is 0 Å². The number of nitrogens with one attached hydrogen (secondary N) is 1. The highest BCUT2D eigenvalue weighted by molar-refractivity contribution is 5.58. The Morgan fingerprint density at radius 2 is 1.24 bits per heavy atom. The van der Waals surface area contributed by atoms with E-state index < -0.39 is 0 Å². The molecule has 0 spiro atoms. The average molecular weight is 225 g/mol. The number of nitrogens with zero attached hydrogens (tertiary/aromatic N) is 2. The molecule has 0 aromatic heterocycles. The first kappa shape index (κ1) is 12.4. The molecule has 0 aliphatic carbocycles. The lowest BCUT2D eigenvalue weighted by molar-refractivity contribution is -0.00453. The molecule has 84 valence electrons. The molecule has 17 heavy (non-hydrogen) atoms. The summed E-state index contributed by atoms with van der Waals surface area (Å²) in [6.45, 7) is 0. The van der Waals surface area contributed by atoms with Gasteiger partial charge in [-0.2, -0.15) is 0 Å². The minimum absolute atomic E-state index is 0.861. The standard InChI is InChI=1S/C12H11N.CN2O/c1-3-7-11(8-4-1)13-12-9-5-2-6-10-12;2-3-1-4/h1-10,13H;. The minimum atomic E-state index is 0.861. The summed E-state index contributed by atoms with van der Waals surface area (Å²) >= 11 is 0. The van der Waals surface area contributed by atoms with Crippen LogP contribution in [0.1, 0.15) is 0 Å². The number of anilines is 2. The molecule has 0 saturated heterocycles. The molecule has 0 radical (unpaired) electrons. The maximum atomic E-state index is 8.63. The van der Waals surface area contributed by atoms with Crippen molar-refractivity contribution < 1.29 is 9.58 Å². The largest absolute Gasteiger partial charge is 0.557 e. The Hall–Kier alpha value is -2.67. The molecule has 2 rings (SSSR count). The summed E-state index contributed by atoms with van der Waals surface area (Å²) in [5.41, 5.74) is 9.31. The van der Waals surface area contributed by atoms with Gasteiger partial charge in [-0.05, 0) is 24.3 Å². The second kappa shape index (κ2) is 7.60. The van der Waals surface area contributed by atoms with Crippen LogP contribution in [0, 0.1) is 0 Å². The molecule has 0 aliphatic rings. The predicted octanol–water partition coefficient (Wildman–Crippen LogP) is 2.98. The van der Waals surface area contributed by atoms with Crippen molar-refractivity contribution in [1.82, 2.24) is 0 Å². The van der Waals surface area contributed by atoms with Crippen LogP contribution in [-0.4, -0.2) is 10.9 Å². The highest BCUT2D eigenvalue weighted by atomic mass is 16.1. The van der Waals surface area contributed by atoms with Gasteiger partial charge in [0.25, 0.3) is 0 Å². The quantitative estimate of drug-likeness (QED) is 0.369. The molecule has 0 bridgehead atoms. The number of isocyanates is 1. The first-order chi connectivity index (χ1) is 8.36. The van der Waals surface area contributed by atoms with Crippen LogP contribution < -0.4 is 5.32 Å². The average Bonchev–Trinajstić information content (AvgIpc) is 2.41. The molecule has 0 heterocycles. The number of hydrogen-bond donors (Lipinski definition) is 1. The summed E-state index contributed by atoms with van der Waals surface area (Å²) < 4.78 is 0. The van der Waals surface area contributed by atoms with E-state index in [2.05, 4.69) is 5.32 Å². The third-order valence-electron chi connectivity index (χ3n) is 1.88. The molecule has 0 aliphatic heterocycles. The zero-order chi connectivity index (χ0) is 12.3. The van der Waals surface area contributed by atoms with Gasteiger partial charge < -0.3 is 10.8 Å². The van der Waals surface area contributed by atoms with Crippen LogP contribution in [0.4, 0.5) is 11.4 Å². The van der Waals surface area contributed by atoms with Gasteiger partial charge in [0.15, 0.2) is 0 Å². The van der Waals surface area contributed by atoms with Gasteiger partial charge in [-0.1, -0.05) is 41.2 Å². The number of para-hydroxylation sites is 2. The lowest BCUT2D eigenvalue weighted by Gasteiger charge is -2.04. The molecule has 0 atom stereocenters. The molecular formula is C13H11N3O. The van der Waals surface area contributed by atoms with Crippen molar-refractivity contribution in [3.8, 4) is 0 Å². The van der Waals surface area contributed by atoms with E-state index in [1.54, 1.807) is 0 Å². The van der Waals surface area contributed by atoms with E-state index in [0.717, 1.165) is 17.5 Å².